The summed E-state index contributed by atoms with van der Waals surface area (Å²) in [6.45, 7) is 3.08. The topological polar surface area (TPSA) is 141 Å². The number of aliphatic hydroxyl groups excluding tert-OH is 3. The molecule has 194 valence electrons. The van der Waals surface area contributed by atoms with Gasteiger partial charge in [0.15, 0.2) is 11.8 Å². The third kappa shape index (κ3) is 5.19. The van der Waals surface area contributed by atoms with Gasteiger partial charge < -0.3 is 34.9 Å². The molecule has 1 aliphatic rings. The smallest absolute Gasteiger partial charge is 0.296 e. The summed E-state index contributed by atoms with van der Waals surface area (Å²) in [5.74, 6) is 0. The maximum absolute atomic E-state index is 10.3. The van der Waals surface area contributed by atoms with E-state index in [1.54, 1.807) is 19.9 Å². The summed E-state index contributed by atoms with van der Waals surface area (Å²) in [6.07, 6.45) is -4.28. The Morgan fingerprint density at radius 1 is 1.00 bits per heavy atom. The maximum Gasteiger partial charge on any atom is 0.296 e. The minimum atomic E-state index is -1.28. The first-order chi connectivity index (χ1) is 17.6. The van der Waals surface area contributed by atoms with Crippen molar-refractivity contribution in [3.8, 4) is 28.4 Å². The zero-order valence-electron chi connectivity index (χ0n) is 20.3. The lowest BCUT2D eigenvalue weighted by molar-refractivity contribution is -0.189. The molecule has 10 heteroatoms. The quantitative estimate of drug-likeness (QED) is 0.259. The minimum Gasteiger partial charge on any atom is -0.456 e. The number of aromatic nitrogens is 3. The van der Waals surface area contributed by atoms with Crippen LogP contribution in [-0.2, 0) is 10.3 Å². The van der Waals surface area contributed by atoms with Crippen LogP contribution >= 0.6 is 11.6 Å². The zero-order chi connectivity index (χ0) is 26.3. The van der Waals surface area contributed by atoms with Crippen LogP contribution in [0.1, 0.15) is 19.4 Å². The summed E-state index contributed by atoms with van der Waals surface area (Å²) >= 11 is 6.54. The van der Waals surface area contributed by atoms with Crippen molar-refractivity contribution in [3.63, 3.8) is 0 Å². The van der Waals surface area contributed by atoms with Gasteiger partial charge in [-0.15, -0.1) is 0 Å². The number of hydrogen-bond donors (Lipinski definition) is 5. The second kappa shape index (κ2) is 10.0. The number of nitrogens with zero attached hydrogens (tertiary/aromatic N) is 2. The molecule has 4 aromatic rings. The summed E-state index contributed by atoms with van der Waals surface area (Å²) in [6, 6.07) is 17.4. The highest BCUT2D eigenvalue weighted by Gasteiger charge is 2.39. The van der Waals surface area contributed by atoms with Crippen molar-refractivity contribution in [2.45, 2.75) is 43.9 Å². The molecule has 0 radical (unpaired) electrons. The van der Waals surface area contributed by atoms with Gasteiger partial charge in [0, 0.05) is 5.56 Å². The fourth-order valence-electron chi connectivity index (χ4n) is 4.31. The molecule has 2 unspecified atom stereocenters. The first kappa shape index (κ1) is 25.6. The highest BCUT2D eigenvalue weighted by atomic mass is 35.5. The molecule has 5 rings (SSSR count). The molecule has 2 aromatic heterocycles. The summed E-state index contributed by atoms with van der Waals surface area (Å²) in [4.78, 5) is 11.9. The molecule has 9 nitrogen and oxygen atoms in total. The summed E-state index contributed by atoms with van der Waals surface area (Å²) in [5, 5.41) is 40.2. The van der Waals surface area contributed by atoms with Gasteiger partial charge in [0.05, 0.1) is 35.0 Å². The SMILES string of the molecule is CC(C)(O)c1ccc(-c2ccc(-c3nc4nc(O[C@H]5COC(CO)[C@@H](O)C5O)[nH]c4cc3Cl)cc2)cc1. The first-order valence-corrected chi connectivity index (χ1v) is 12.3. The number of pyridine rings is 1. The number of hydrogen-bond acceptors (Lipinski definition) is 8. The van der Waals surface area contributed by atoms with E-state index in [0.29, 0.717) is 21.9 Å². The van der Waals surface area contributed by atoms with Crippen LogP contribution in [0.3, 0.4) is 0 Å². The predicted octanol–water partition coefficient (Wildman–Crippen LogP) is 3.03. The van der Waals surface area contributed by atoms with Gasteiger partial charge in [-0.05, 0) is 36.6 Å². The van der Waals surface area contributed by atoms with Crippen LogP contribution in [0.5, 0.6) is 6.01 Å². The predicted molar refractivity (Wildman–Crippen MR) is 138 cm³/mol. The normalized spacial score (nSPS) is 22.4. The molecule has 2 aromatic carbocycles. The zero-order valence-corrected chi connectivity index (χ0v) is 21.1. The van der Waals surface area contributed by atoms with Crippen molar-refractivity contribution in [3.05, 3.63) is 65.2 Å². The van der Waals surface area contributed by atoms with Crippen molar-refractivity contribution in [1.82, 2.24) is 15.0 Å². The molecule has 0 spiro atoms. The van der Waals surface area contributed by atoms with E-state index in [-0.39, 0.29) is 12.6 Å². The van der Waals surface area contributed by atoms with Gasteiger partial charge in [0.1, 0.15) is 18.3 Å². The minimum absolute atomic E-state index is 0.0211. The molecule has 3 heterocycles. The van der Waals surface area contributed by atoms with E-state index < -0.39 is 36.6 Å². The average Bonchev–Trinajstić information content (AvgIpc) is 3.27. The number of nitrogens with one attached hydrogen (secondary N) is 1. The number of halogens is 1. The van der Waals surface area contributed by atoms with E-state index in [1.807, 2.05) is 48.5 Å². The van der Waals surface area contributed by atoms with E-state index in [1.165, 1.54) is 0 Å². The Balaban J connectivity index is 1.35. The lowest BCUT2D eigenvalue weighted by Gasteiger charge is -2.36. The van der Waals surface area contributed by atoms with Gasteiger partial charge in [0.2, 0.25) is 0 Å². The summed E-state index contributed by atoms with van der Waals surface area (Å²) in [5.41, 5.74) is 4.27. The average molecular weight is 526 g/mol. The second-order valence-electron chi connectivity index (χ2n) is 9.64. The Labute approximate surface area is 218 Å². The van der Waals surface area contributed by atoms with Crippen LogP contribution in [-0.4, -0.2) is 73.0 Å². The van der Waals surface area contributed by atoms with Crippen LogP contribution in [0.15, 0.2) is 54.6 Å². The largest absolute Gasteiger partial charge is 0.456 e. The molecular weight excluding hydrogens is 498 g/mol. The van der Waals surface area contributed by atoms with Gasteiger partial charge in [0.25, 0.3) is 6.01 Å². The fraction of sp³-hybridized carbons (Fsp3) is 0.333. The van der Waals surface area contributed by atoms with Gasteiger partial charge in [-0.25, -0.2) is 4.98 Å². The van der Waals surface area contributed by atoms with Crippen molar-refractivity contribution in [1.29, 1.82) is 0 Å². The highest BCUT2D eigenvalue weighted by Crippen LogP contribution is 2.32. The summed E-state index contributed by atoms with van der Waals surface area (Å²) < 4.78 is 11.1. The van der Waals surface area contributed by atoms with E-state index in [4.69, 9.17) is 21.1 Å². The highest BCUT2D eigenvalue weighted by molar-refractivity contribution is 6.33. The van der Waals surface area contributed by atoms with Crippen LogP contribution in [0, 0.1) is 0 Å². The van der Waals surface area contributed by atoms with Gasteiger partial charge in [-0.2, -0.15) is 4.98 Å². The molecule has 0 aliphatic carbocycles. The Morgan fingerprint density at radius 2 is 1.62 bits per heavy atom. The van der Waals surface area contributed by atoms with Crippen LogP contribution in [0.2, 0.25) is 5.02 Å². The van der Waals surface area contributed by atoms with Crippen LogP contribution in [0.4, 0.5) is 0 Å². The maximum atomic E-state index is 10.3. The first-order valence-electron chi connectivity index (χ1n) is 11.9. The van der Waals surface area contributed by atoms with Crippen molar-refractivity contribution in [2.75, 3.05) is 13.2 Å². The molecule has 1 aliphatic heterocycles. The summed E-state index contributed by atoms with van der Waals surface area (Å²) in [7, 11) is 0. The monoisotopic (exact) mass is 525 g/mol. The van der Waals surface area contributed by atoms with E-state index >= 15 is 0 Å². The van der Waals surface area contributed by atoms with Crippen LogP contribution in [0.25, 0.3) is 33.5 Å². The number of H-pyrrole nitrogens is 1. The molecule has 0 saturated carbocycles. The lowest BCUT2D eigenvalue weighted by atomic mass is 9.95. The standard InChI is InChI=1S/C27H28ClN3O6/c1-27(2,35)17-9-7-15(8-10-17)14-3-5-16(6-4-14)22-18(28)11-19-25(30-22)31-26(29-19)37-21-13-36-20(12-32)23(33)24(21)34/h3-11,20-21,23-24,32-35H,12-13H2,1-2H3,(H,29,30,31)/t20?,21-,23+,24?/m0/s1. The number of rotatable bonds is 6. The van der Waals surface area contributed by atoms with Crippen molar-refractivity contribution >= 4 is 22.8 Å². The molecule has 37 heavy (non-hydrogen) atoms. The number of fused-ring (bicyclic) bond motifs is 1. The number of aromatic amines is 1. The lowest BCUT2D eigenvalue weighted by Crippen LogP contribution is -2.56. The van der Waals surface area contributed by atoms with Crippen LogP contribution < -0.4 is 4.74 Å². The Kier molecular flexibility index (Phi) is 6.93. The van der Waals surface area contributed by atoms with Crippen molar-refractivity contribution < 1.29 is 29.9 Å². The second-order valence-corrected chi connectivity index (χ2v) is 10.0. The number of imidazole rings is 1. The van der Waals surface area contributed by atoms with Gasteiger partial charge >= 0.3 is 0 Å². The third-order valence-electron chi connectivity index (χ3n) is 6.52. The molecule has 1 fully saturated rings. The molecule has 5 N–H and O–H groups in total. The number of benzene rings is 2. The number of ether oxygens (including phenoxy) is 2. The van der Waals surface area contributed by atoms with E-state index in [2.05, 4.69) is 15.0 Å². The molecule has 1 saturated heterocycles. The van der Waals surface area contributed by atoms with Gasteiger partial charge in [-0.3, -0.25) is 0 Å². The fourth-order valence-corrected chi connectivity index (χ4v) is 4.57. The van der Waals surface area contributed by atoms with Gasteiger partial charge in [-0.1, -0.05) is 60.1 Å². The number of aliphatic hydroxyl groups is 4. The van der Waals surface area contributed by atoms with E-state index in [9.17, 15) is 20.4 Å². The molecule has 0 bridgehead atoms. The molecule has 0 amide bonds. The van der Waals surface area contributed by atoms with E-state index in [0.717, 1.165) is 22.3 Å². The Bertz CT molecular complexity index is 1380. The third-order valence-corrected chi connectivity index (χ3v) is 6.81. The Morgan fingerprint density at radius 3 is 2.24 bits per heavy atom. The molecular formula is C27H28ClN3O6. The Hall–Kier alpha value is -3.05. The van der Waals surface area contributed by atoms with Crippen molar-refractivity contribution in [2.24, 2.45) is 0 Å². The molecule has 4 atom stereocenters.